The lowest BCUT2D eigenvalue weighted by atomic mass is 9.77. The molecule has 2 atom stereocenters. The molecule has 1 spiro atoms. The van der Waals surface area contributed by atoms with Gasteiger partial charge in [-0.1, -0.05) is 36.8 Å². The van der Waals surface area contributed by atoms with Gasteiger partial charge in [-0.25, -0.2) is 0 Å². The number of para-hydroxylation sites is 1. The predicted molar refractivity (Wildman–Crippen MR) is 122 cm³/mol. The van der Waals surface area contributed by atoms with Gasteiger partial charge in [0.15, 0.2) is 6.10 Å². The molecule has 0 aromatic heterocycles. The summed E-state index contributed by atoms with van der Waals surface area (Å²) in [4.78, 5) is 13.2. The number of carbonyl (C=O) groups is 1. The van der Waals surface area contributed by atoms with Crippen LogP contribution in [0.5, 0.6) is 11.5 Å². The van der Waals surface area contributed by atoms with E-state index in [1.807, 2.05) is 37.3 Å². The summed E-state index contributed by atoms with van der Waals surface area (Å²) >= 11 is 0. The Morgan fingerprint density at radius 2 is 1.84 bits per heavy atom. The van der Waals surface area contributed by atoms with Gasteiger partial charge in [-0.05, 0) is 81.5 Å². The van der Waals surface area contributed by atoms with Crippen molar-refractivity contribution >= 4 is 5.91 Å². The van der Waals surface area contributed by atoms with Gasteiger partial charge in [0, 0.05) is 12.0 Å². The molecule has 1 heterocycles. The molecule has 164 valence electrons. The first-order chi connectivity index (χ1) is 15.1. The fourth-order valence-corrected chi connectivity index (χ4v) is 5.64. The van der Waals surface area contributed by atoms with Crippen LogP contribution in [0.1, 0.15) is 81.0 Å². The van der Waals surface area contributed by atoms with Gasteiger partial charge in [-0.15, -0.1) is 0 Å². The van der Waals surface area contributed by atoms with Crippen molar-refractivity contribution in [3.8, 4) is 11.5 Å². The van der Waals surface area contributed by atoms with Gasteiger partial charge < -0.3 is 14.8 Å². The quantitative estimate of drug-likeness (QED) is 0.694. The lowest BCUT2D eigenvalue weighted by molar-refractivity contribution is -0.128. The molecular weight excluding hydrogens is 386 g/mol. The Kier molecular flexibility index (Phi) is 5.64. The van der Waals surface area contributed by atoms with E-state index in [1.165, 1.54) is 43.2 Å². The predicted octanol–water partition coefficient (Wildman–Crippen LogP) is 5.68. The van der Waals surface area contributed by atoms with Crippen LogP contribution < -0.4 is 14.8 Å². The Labute approximate surface area is 185 Å². The monoisotopic (exact) mass is 419 g/mol. The van der Waals surface area contributed by atoms with Crippen molar-refractivity contribution in [2.24, 2.45) is 0 Å². The van der Waals surface area contributed by atoms with Gasteiger partial charge in [0.2, 0.25) is 0 Å². The Hall–Kier alpha value is -2.49. The topological polar surface area (TPSA) is 47.6 Å². The van der Waals surface area contributed by atoms with Gasteiger partial charge in [0.05, 0.1) is 6.04 Å². The van der Waals surface area contributed by atoms with Crippen molar-refractivity contribution in [2.75, 3.05) is 0 Å². The summed E-state index contributed by atoms with van der Waals surface area (Å²) in [7, 11) is 0. The highest BCUT2D eigenvalue weighted by molar-refractivity contribution is 5.81. The van der Waals surface area contributed by atoms with Crippen molar-refractivity contribution in [1.82, 2.24) is 5.32 Å². The Morgan fingerprint density at radius 1 is 1.03 bits per heavy atom. The fraction of sp³-hybridized carbons (Fsp3) is 0.519. The van der Waals surface area contributed by atoms with Crippen molar-refractivity contribution in [3.63, 3.8) is 0 Å². The highest BCUT2D eigenvalue weighted by Crippen LogP contribution is 2.46. The number of benzene rings is 2. The zero-order valence-corrected chi connectivity index (χ0v) is 18.5. The van der Waals surface area contributed by atoms with Crippen molar-refractivity contribution in [3.05, 3.63) is 59.2 Å². The summed E-state index contributed by atoms with van der Waals surface area (Å²) in [6.45, 7) is 1.86. The van der Waals surface area contributed by atoms with Crippen molar-refractivity contribution in [2.45, 2.75) is 88.9 Å². The maximum absolute atomic E-state index is 13.2. The molecule has 2 aliphatic carbocycles. The molecule has 0 saturated heterocycles. The molecule has 1 amide bonds. The molecule has 2 aromatic rings. The van der Waals surface area contributed by atoms with Gasteiger partial charge in [0.1, 0.15) is 17.1 Å². The number of amides is 1. The van der Waals surface area contributed by atoms with Crippen molar-refractivity contribution < 1.29 is 14.3 Å². The number of hydrogen-bond acceptors (Lipinski definition) is 3. The first-order valence-electron chi connectivity index (χ1n) is 12.0. The molecule has 0 unspecified atom stereocenters. The van der Waals surface area contributed by atoms with Crippen LogP contribution >= 0.6 is 0 Å². The number of fused-ring (bicyclic) bond motifs is 2. The van der Waals surface area contributed by atoms with Gasteiger partial charge >= 0.3 is 0 Å². The third-order valence-corrected chi connectivity index (χ3v) is 7.30. The first kappa shape index (κ1) is 20.4. The minimum atomic E-state index is -0.536. The fourth-order valence-electron chi connectivity index (χ4n) is 5.64. The lowest BCUT2D eigenvalue weighted by Crippen LogP contribution is -2.48. The molecule has 3 aliphatic rings. The number of ether oxygens (including phenoxy) is 2. The normalized spacial score (nSPS) is 22.5. The van der Waals surface area contributed by atoms with Crippen LogP contribution in [0, 0.1) is 0 Å². The van der Waals surface area contributed by atoms with E-state index in [0.29, 0.717) is 0 Å². The van der Waals surface area contributed by atoms with E-state index in [2.05, 4.69) is 17.4 Å². The summed E-state index contributed by atoms with van der Waals surface area (Å²) in [5.74, 6) is 1.74. The number of aryl methyl sites for hydroxylation is 1. The first-order valence-corrected chi connectivity index (χ1v) is 12.0. The third-order valence-electron chi connectivity index (χ3n) is 7.30. The molecule has 4 heteroatoms. The van der Waals surface area contributed by atoms with E-state index < -0.39 is 6.10 Å². The Balaban J connectivity index is 1.32. The zero-order chi connectivity index (χ0) is 21.3. The van der Waals surface area contributed by atoms with E-state index in [4.69, 9.17) is 9.47 Å². The van der Waals surface area contributed by atoms with Crippen LogP contribution in [0.3, 0.4) is 0 Å². The van der Waals surface area contributed by atoms with Crippen LogP contribution in [0.25, 0.3) is 0 Å². The van der Waals surface area contributed by atoms with Crippen LogP contribution in [-0.4, -0.2) is 17.6 Å². The molecule has 4 nitrogen and oxygen atoms in total. The molecule has 0 radical (unpaired) electrons. The second-order valence-electron chi connectivity index (χ2n) is 9.51. The SMILES string of the molecule is C[C@H](Oc1cccc2c1CCCC2)C(=O)N[C@@H]1CC2(CCCCC2)Oc2ccccc21. The second kappa shape index (κ2) is 8.57. The Morgan fingerprint density at radius 3 is 2.71 bits per heavy atom. The average Bonchev–Trinajstić information content (AvgIpc) is 2.80. The summed E-state index contributed by atoms with van der Waals surface area (Å²) in [6, 6.07) is 14.4. The molecule has 5 rings (SSSR count). The number of nitrogens with one attached hydrogen (secondary N) is 1. The standard InChI is InChI=1S/C27H33NO3/c1-19(30-24-15-9-11-20-10-3-4-12-21(20)24)26(29)28-23-18-27(16-7-2-8-17-27)31-25-14-6-5-13-22(23)25/h5-6,9,11,13-15,19,23H,2-4,7-8,10,12,16-18H2,1H3,(H,28,29)/t19-,23+/m0/s1. The van der Waals surface area contributed by atoms with Crippen LogP contribution in [-0.2, 0) is 17.6 Å². The lowest BCUT2D eigenvalue weighted by Gasteiger charge is -2.44. The minimum absolute atomic E-state index is 0.0358. The maximum atomic E-state index is 13.2. The van der Waals surface area contributed by atoms with Crippen LogP contribution in [0.4, 0.5) is 0 Å². The minimum Gasteiger partial charge on any atom is -0.487 e. The molecule has 31 heavy (non-hydrogen) atoms. The summed E-state index contributed by atoms with van der Waals surface area (Å²) < 4.78 is 12.7. The molecule has 1 aliphatic heterocycles. The number of rotatable bonds is 4. The highest BCUT2D eigenvalue weighted by atomic mass is 16.5. The number of carbonyl (C=O) groups excluding carboxylic acids is 1. The molecule has 2 aromatic carbocycles. The van der Waals surface area contributed by atoms with Crippen LogP contribution in [0.15, 0.2) is 42.5 Å². The summed E-state index contributed by atoms with van der Waals surface area (Å²) in [5, 5.41) is 3.30. The second-order valence-corrected chi connectivity index (χ2v) is 9.51. The largest absolute Gasteiger partial charge is 0.487 e. The van der Waals surface area contributed by atoms with E-state index >= 15 is 0 Å². The smallest absolute Gasteiger partial charge is 0.261 e. The Bertz CT molecular complexity index is 947. The third kappa shape index (κ3) is 4.17. The number of hydrogen-bond donors (Lipinski definition) is 1. The summed E-state index contributed by atoms with van der Waals surface area (Å²) in [5.41, 5.74) is 3.59. The summed E-state index contributed by atoms with van der Waals surface area (Å²) in [6.07, 6.45) is 10.7. The van der Waals surface area contributed by atoms with Gasteiger partial charge in [-0.2, -0.15) is 0 Å². The van der Waals surface area contributed by atoms with E-state index in [-0.39, 0.29) is 17.6 Å². The van der Waals surface area contributed by atoms with E-state index in [1.54, 1.807) is 0 Å². The van der Waals surface area contributed by atoms with E-state index in [0.717, 1.165) is 49.2 Å². The highest BCUT2D eigenvalue weighted by Gasteiger charge is 2.42. The van der Waals surface area contributed by atoms with Crippen LogP contribution in [0.2, 0.25) is 0 Å². The van der Waals surface area contributed by atoms with Crippen molar-refractivity contribution in [1.29, 1.82) is 0 Å². The average molecular weight is 420 g/mol. The zero-order valence-electron chi connectivity index (χ0n) is 18.5. The molecule has 0 bridgehead atoms. The molecular formula is C27H33NO3. The maximum Gasteiger partial charge on any atom is 0.261 e. The van der Waals surface area contributed by atoms with Gasteiger partial charge in [0.25, 0.3) is 5.91 Å². The molecule has 1 saturated carbocycles. The van der Waals surface area contributed by atoms with Gasteiger partial charge in [-0.3, -0.25) is 4.79 Å². The molecule has 1 N–H and O–H groups in total. The van der Waals surface area contributed by atoms with E-state index in [9.17, 15) is 4.79 Å². The molecule has 1 fully saturated rings.